The predicted octanol–water partition coefficient (Wildman–Crippen LogP) is 1.72. The Bertz CT molecular complexity index is 66.1. The van der Waals surface area contributed by atoms with Crippen LogP contribution < -0.4 is 0 Å². The second-order valence-corrected chi connectivity index (χ2v) is 2.51. The predicted molar refractivity (Wildman–Crippen MR) is 39.7 cm³/mol. The van der Waals surface area contributed by atoms with E-state index in [0.29, 0.717) is 13.1 Å². The molecule has 0 radical (unpaired) electrons. The molecule has 0 unspecified atom stereocenters. The zero-order valence-corrected chi connectivity index (χ0v) is 6.89. The Labute approximate surface area is 63.7 Å². The molecule has 0 N–H and O–H groups in total. The van der Waals surface area contributed by atoms with Gasteiger partial charge in [-0.05, 0) is 19.3 Å². The van der Waals surface area contributed by atoms with Crippen molar-refractivity contribution in [1.29, 1.82) is 0 Å². The van der Waals surface area contributed by atoms with Crippen LogP contribution in [0, 0.1) is 0 Å². The molecular weight excluding hydrogens is 184 g/mol. The van der Waals surface area contributed by atoms with Gasteiger partial charge in [-0.1, -0.05) is 15.9 Å². The molecule has 0 aliphatic heterocycles. The highest BCUT2D eigenvalue weighted by Gasteiger charge is 1.86. The van der Waals surface area contributed by atoms with Crippen molar-refractivity contribution in [3.8, 4) is 0 Å². The van der Waals surface area contributed by atoms with Crippen LogP contribution in [0.3, 0.4) is 0 Å². The van der Waals surface area contributed by atoms with Crippen LogP contribution in [0.25, 0.3) is 0 Å². The van der Waals surface area contributed by atoms with Gasteiger partial charge in [-0.3, -0.25) is 4.79 Å². The Hall–Kier alpha value is -0.0500. The number of ether oxygens (including phenoxy) is 1. The summed E-state index contributed by atoms with van der Waals surface area (Å²) >= 11 is 3.31. The third kappa shape index (κ3) is 7.95. The molecular formula is C6H11BrO2. The molecule has 0 aliphatic rings. The molecule has 0 aliphatic carbocycles. The first kappa shape index (κ1) is 8.95. The van der Waals surface area contributed by atoms with E-state index in [9.17, 15) is 4.79 Å². The van der Waals surface area contributed by atoms with Crippen molar-refractivity contribution in [2.24, 2.45) is 0 Å². The molecule has 0 bridgehead atoms. The van der Waals surface area contributed by atoms with Gasteiger partial charge in [-0.2, -0.15) is 0 Å². The standard InChI is InChI=1S/C6H11BrO2/c7-4-2-1-3-5-9-6-8/h6H,1-5H2. The zero-order valence-electron chi connectivity index (χ0n) is 5.31. The molecule has 0 saturated heterocycles. The van der Waals surface area contributed by atoms with E-state index in [1.807, 2.05) is 0 Å². The minimum Gasteiger partial charge on any atom is -0.468 e. The molecule has 0 aromatic heterocycles. The first-order valence-corrected chi connectivity index (χ1v) is 4.15. The molecule has 0 fully saturated rings. The fourth-order valence-electron chi connectivity index (χ4n) is 0.505. The Balaban J connectivity index is 2.66. The molecule has 0 atom stereocenters. The van der Waals surface area contributed by atoms with Gasteiger partial charge < -0.3 is 4.74 Å². The molecule has 0 amide bonds. The Morgan fingerprint density at radius 3 is 2.67 bits per heavy atom. The quantitative estimate of drug-likeness (QED) is 0.366. The average Bonchev–Trinajstić information content (AvgIpc) is 1.89. The van der Waals surface area contributed by atoms with E-state index >= 15 is 0 Å². The summed E-state index contributed by atoms with van der Waals surface area (Å²) in [7, 11) is 0. The van der Waals surface area contributed by atoms with Crippen molar-refractivity contribution < 1.29 is 9.53 Å². The maximum absolute atomic E-state index is 9.61. The van der Waals surface area contributed by atoms with Gasteiger partial charge in [-0.15, -0.1) is 0 Å². The molecule has 0 rings (SSSR count). The number of unbranched alkanes of at least 4 members (excludes halogenated alkanes) is 2. The van der Waals surface area contributed by atoms with E-state index in [4.69, 9.17) is 0 Å². The van der Waals surface area contributed by atoms with Crippen LogP contribution in [0.2, 0.25) is 0 Å². The van der Waals surface area contributed by atoms with Crippen LogP contribution in [0.5, 0.6) is 0 Å². The number of hydrogen-bond acceptors (Lipinski definition) is 2. The van der Waals surface area contributed by atoms with Crippen molar-refractivity contribution in [3.05, 3.63) is 0 Å². The summed E-state index contributed by atoms with van der Waals surface area (Å²) in [5.74, 6) is 0. The third-order valence-electron chi connectivity index (χ3n) is 0.964. The minimum absolute atomic E-state index is 0.494. The maximum atomic E-state index is 9.61. The summed E-state index contributed by atoms with van der Waals surface area (Å²) in [6, 6.07) is 0. The molecule has 0 aromatic carbocycles. The lowest BCUT2D eigenvalue weighted by Gasteiger charge is -1.95. The zero-order chi connectivity index (χ0) is 6.95. The lowest BCUT2D eigenvalue weighted by atomic mass is 10.3. The Morgan fingerprint density at radius 2 is 2.11 bits per heavy atom. The summed E-state index contributed by atoms with van der Waals surface area (Å²) in [6.07, 6.45) is 3.26. The van der Waals surface area contributed by atoms with E-state index in [0.717, 1.165) is 24.6 Å². The summed E-state index contributed by atoms with van der Waals surface area (Å²) < 4.78 is 4.48. The van der Waals surface area contributed by atoms with Crippen molar-refractivity contribution in [1.82, 2.24) is 0 Å². The summed E-state index contributed by atoms with van der Waals surface area (Å²) in [5.41, 5.74) is 0. The van der Waals surface area contributed by atoms with Gasteiger partial charge in [0, 0.05) is 5.33 Å². The van der Waals surface area contributed by atoms with Crippen LogP contribution >= 0.6 is 15.9 Å². The smallest absolute Gasteiger partial charge is 0.293 e. The van der Waals surface area contributed by atoms with E-state index in [1.165, 1.54) is 0 Å². The minimum atomic E-state index is 0.494. The number of alkyl halides is 1. The normalized spacial score (nSPS) is 9.00. The van der Waals surface area contributed by atoms with Gasteiger partial charge in [0.2, 0.25) is 0 Å². The number of hydrogen-bond donors (Lipinski definition) is 0. The molecule has 0 aromatic rings. The lowest BCUT2D eigenvalue weighted by Crippen LogP contribution is -1.91. The van der Waals surface area contributed by atoms with E-state index in [-0.39, 0.29) is 0 Å². The second kappa shape index (κ2) is 7.95. The van der Waals surface area contributed by atoms with E-state index in [2.05, 4.69) is 20.7 Å². The van der Waals surface area contributed by atoms with E-state index < -0.39 is 0 Å². The van der Waals surface area contributed by atoms with Gasteiger partial charge in [0.25, 0.3) is 6.47 Å². The molecule has 0 saturated carbocycles. The lowest BCUT2D eigenvalue weighted by molar-refractivity contribution is -0.128. The topological polar surface area (TPSA) is 26.3 Å². The fraction of sp³-hybridized carbons (Fsp3) is 0.833. The van der Waals surface area contributed by atoms with Gasteiger partial charge >= 0.3 is 0 Å². The highest BCUT2D eigenvalue weighted by Crippen LogP contribution is 1.97. The number of halogens is 1. The molecule has 54 valence electrons. The third-order valence-corrected chi connectivity index (χ3v) is 1.52. The number of carbonyl (C=O) groups excluding carboxylic acids is 1. The first-order chi connectivity index (χ1) is 4.41. The van der Waals surface area contributed by atoms with Crippen LogP contribution in [0.15, 0.2) is 0 Å². The molecule has 3 heteroatoms. The van der Waals surface area contributed by atoms with Gasteiger partial charge in [0.15, 0.2) is 0 Å². The molecule has 0 heterocycles. The van der Waals surface area contributed by atoms with Gasteiger partial charge in [-0.25, -0.2) is 0 Å². The molecule has 0 spiro atoms. The van der Waals surface area contributed by atoms with E-state index in [1.54, 1.807) is 0 Å². The van der Waals surface area contributed by atoms with Crippen LogP contribution in [-0.2, 0) is 9.53 Å². The summed E-state index contributed by atoms with van der Waals surface area (Å²) in [4.78, 5) is 9.61. The van der Waals surface area contributed by atoms with Crippen molar-refractivity contribution >= 4 is 22.4 Å². The SMILES string of the molecule is O=COCCCCCBr. The maximum Gasteiger partial charge on any atom is 0.293 e. The second-order valence-electron chi connectivity index (χ2n) is 1.72. The first-order valence-electron chi connectivity index (χ1n) is 3.03. The largest absolute Gasteiger partial charge is 0.468 e. The Kier molecular flexibility index (Phi) is 7.91. The van der Waals surface area contributed by atoms with Gasteiger partial charge in [0.1, 0.15) is 0 Å². The van der Waals surface area contributed by atoms with Crippen molar-refractivity contribution in [2.75, 3.05) is 11.9 Å². The number of carbonyl (C=O) groups is 1. The fourth-order valence-corrected chi connectivity index (χ4v) is 0.901. The monoisotopic (exact) mass is 194 g/mol. The van der Waals surface area contributed by atoms with Crippen LogP contribution in [0.4, 0.5) is 0 Å². The van der Waals surface area contributed by atoms with Crippen molar-refractivity contribution in [3.63, 3.8) is 0 Å². The summed E-state index contributed by atoms with van der Waals surface area (Å²) in [6.45, 7) is 1.06. The van der Waals surface area contributed by atoms with Crippen LogP contribution in [-0.4, -0.2) is 18.4 Å². The highest BCUT2D eigenvalue weighted by atomic mass is 79.9. The highest BCUT2D eigenvalue weighted by molar-refractivity contribution is 9.09. The van der Waals surface area contributed by atoms with Crippen molar-refractivity contribution in [2.45, 2.75) is 19.3 Å². The molecule has 9 heavy (non-hydrogen) atoms. The Morgan fingerprint density at radius 1 is 1.33 bits per heavy atom. The van der Waals surface area contributed by atoms with Crippen LogP contribution in [0.1, 0.15) is 19.3 Å². The van der Waals surface area contributed by atoms with Gasteiger partial charge in [0.05, 0.1) is 6.61 Å². The molecule has 2 nitrogen and oxygen atoms in total. The average molecular weight is 195 g/mol. The number of rotatable bonds is 6. The summed E-state index contributed by atoms with van der Waals surface area (Å²) in [5, 5.41) is 1.04.